The van der Waals surface area contributed by atoms with Gasteiger partial charge in [-0.1, -0.05) is 51.1 Å². The maximum absolute atomic E-state index is 14.2. The van der Waals surface area contributed by atoms with Crippen molar-refractivity contribution in [2.24, 2.45) is 5.92 Å². The van der Waals surface area contributed by atoms with Crippen molar-refractivity contribution in [2.45, 2.75) is 44.7 Å². The van der Waals surface area contributed by atoms with Crippen molar-refractivity contribution in [1.29, 1.82) is 0 Å². The highest BCUT2D eigenvalue weighted by Gasteiger charge is 2.34. The molecule has 0 radical (unpaired) electrons. The van der Waals surface area contributed by atoms with Crippen molar-refractivity contribution in [2.75, 3.05) is 38.7 Å². The van der Waals surface area contributed by atoms with Crippen LogP contribution in [0, 0.1) is 5.92 Å². The Morgan fingerprint density at radius 1 is 0.860 bits per heavy atom. The van der Waals surface area contributed by atoms with E-state index in [1.807, 2.05) is 26.8 Å². The molecule has 43 heavy (non-hydrogen) atoms. The van der Waals surface area contributed by atoms with Gasteiger partial charge < -0.3 is 24.4 Å². The Balaban J connectivity index is 2.07. The molecule has 11 heteroatoms. The molecule has 1 atom stereocenters. The third kappa shape index (κ3) is 8.41. The van der Waals surface area contributed by atoms with Crippen LogP contribution < -0.4 is 23.8 Å². The van der Waals surface area contributed by atoms with Gasteiger partial charge in [0, 0.05) is 19.2 Å². The summed E-state index contributed by atoms with van der Waals surface area (Å²) in [5.74, 6) is 0.568. The van der Waals surface area contributed by atoms with Crippen LogP contribution in [0.25, 0.3) is 0 Å². The van der Waals surface area contributed by atoms with Crippen LogP contribution in [0.4, 0.5) is 5.69 Å². The summed E-state index contributed by atoms with van der Waals surface area (Å²) in [6.07, 6.45) is 0.327. The molecule has 0 aliphatic heterocycles. The Labute approximate surface area is 254 Å². The second kappa shape index (κ2) is 15.3. The molecule has 0 spiro atoms. The molecular weight excluding hydrogens is 570 g/mol. The van der Waals surface area contributed by atoms with Crippen molar-refractivity contribution in [1.82, 2.24) is 10.2 Å². The average Bonchev–Trinajstić information content (AvgIpc) is 3.02. The highest BCUT2D eigenvalue weighted by Crippen LogP contribution is 2.32. The first-order valence-corrected chi connectivity index (χ1v) is 15.5. The summed E-state index contributed by atoms with van der Waals surface area (Å²) in [5, 5.41) is 2.93. The highest BCUT2D eigenvalue weighted by atomic mass is 32.2. The van der Waals surface area contributed by atoms with Crippen LogP contribution in [0.3, 0.4) is 0 Å². The molecule has 0 aliphatic carbocycles. The number of carbonyl (C=O) groups excluding carboxylic acids is 2. The standard InChI is InChI=1S/C32H41N3O7S/c1-7-28(32(37)33-20-23(2)3)34(21-24-12-11-15-26(18-24)40-4)31(36)22-35(25-13-9-8-10-14-25)43(38,39)27-16-17-29(41-5)30(19-27)42-6/h8-19,23,28H,7,20-22H2,1-6H3,(H,33,37)/t28-/m1/s1. The Bertz CT molecular complexity index is 1480. The van der Waals surface area contributed by atoms with Gasteiger partial charge in [0.15, 0.2) is 11.5 Å². The van der Waals surface area contributed by atoms with Gasteiger partial charge in [-0.05, 0) is 54.3 Å². The summed E-state index contributed by atoms with van der Waals surface area (Å²) in [6, 6.07) is 19.0. The minimum atomic E-state index is -4.27. The number of amides is 2. The molecule has 1 N–H and O–H groups in total. The number of nitrogens with one attached hydrogen (secondary N) is 1. The fraction of sp³-hybridized carbons (Fsp3) is 0.375. The number of ether oxygens (including phenoxy) is 3. The van der Waals surface area contributed by atoms with Crippen LogP contribution in [-0.2, 0) is 26.2 Å². The fourth-order valence-electron chi connectivity index (χ4n) is 4.54. The summed E-state index contributed by atoms with van der Waals surface area (Å²) in [7, 11) is 0.153. The number of methoxy groups -OCH3 is 3. The Hall–Kier alpha value is -4.25. The lowest BCUT2D eigenvalue weighted by molar-refractivity contribution is -0.140. The number of sulfonamides is 1. The van der Waals surface area contributed by atoms with Crippen molar-refractivity contribution in [3.8, 4) is 17.2 Å². The average molecular weight is 612 g/mol. The molecule has 0 aliphatic rings. The van der Waals surface area contributed by atoms with E-state index < -0.39 is 28.5 Å². The van der Waals surface area contributed by atoms with Gasteiger partial charge in [0.1, 0.15) is 18.3 Å². The van der Waals surface area contributed by atoms with Gasteiger partial charge >= 0.3 is 0 Å². The van der Waals surface area contributed by atoms with E-state index in [4.69, 9.17) is 14.2 Å². The summed E-state index contributed by atoms with van der Waals surface area (Å²) in [5.41, 5.74) is 1.03. The third-order valence-electron chi connectivity index (χ3n) is 6.82. The largest absolute Gasteiger partial charge is 0.497 e. The van der Waals surface area contributed by atoms with E-state index in [2.05, 4.69) is 5.32 Å². The molecule has 0 heterocycles. The molecule has 3 rings (SSSR count). The van der Waals surface area contributed by atoms with E-state index in [0.29, 0.717) is 30.2 Å². The van der Waals surface area contributed by atoms with Gasteiger partial charge in [-0.25, -0.2) is 8.42 Å². The maximum Gasteiger partial charge on any atom is 0.264 e. The van der Waals surface area contributed by atoms with E-state index in [0.717, 1.165) is 9.87 Å². The van der Waals surface area contributed by atoms with Crippen LogP contribution in [0.1, 0.15) is 32.8 Å². The lowest BCUT2D eigenvalue weighted by atomic mass is 10.1. The molecule has 10 nitrogen and oxygen atoms in total. The molecule has 0 unspecified atom stereocenters. The topological polar surface area (TPSA) is 114 Å². The normalized spacial score (nSPS) is 11.9. The SMILES string of the molecule is CC[C@H](C(=O)NCC(C)C)N(Cc1cccc(OC)c1)C(=O)CN(c1ccccc1)S(=O)(=O)c1ccc(OC)c(OC)c1. The fourth-order valence-corrected chi connectivity index (χ4v) is 5.97. The lowest BCUT2D eigenvalue weighted by Gasteiger charge is -2.33. The Morgan fingerprint density at radius 2 is 1.56 bits per heavy atom. The van der Waals surface area contributed by atoms with Gasteiger partial charge in [-0.3, -0.25) is 13.9 Å². The number of para-hydroxylation sites is 1. The zero-order valence-electron chi connectivity index (χ0n) is 25.6. The monoisotopic (exact) mass is 611 g/mol. The number of nitrogens with zero attached hydrogens (tertiary/aromatic N) is 2. The third-order valence-corrected chi connectivity index (χ3v) is 8.59. The predicted molar refractivity (Wildman–Crippen MR) is 166 cm³/mol. The second-order valence-corrected chi connectivity index (χ2v) is 12.2. The molecule has 3 aromatic rings. The molecule has 0 fully saturated rings. The van der Waals surface area contributed by atoms with Crippen molar-refractivity contribution in [3.63, 3.8) is 0 Å². The van der Waals surface area contributed by atoms with Gasteiger partial charge in [0.25, 0.3) is 10.0 Å². The van der Waals surface area contributed by atoms with Gasteiger partial charge in [-0.15, -0.1) is 0 Å². The summed E-state index contributed by atoms with van der Waals surface area (Å²) in [6.45, 7) is 5.76. The van der Waals surface area contributed by atoms with Crippen molar-refractivity contribution >= 4 is 27.5 Å². The molecular formula is C32H41N3O7S. The number of anilines is 1. The zero-order valence-corrected chi connectivity index (χ0v) is 26.4. The minimum absolute atomic E-state index is 0.0721. The maximum atomic E-state index is 14.2. The predicted octanol–water partition coefficient (Wildman–Crippen LogP) is 4.49. The molecule has 2 amide bonds. The minimum Gasteiger partial charge on any atom is -0.497 e. The second-order valence-electron chi connectivity index (χ2n) is 10.3. The van der Waals surface area contributed by atoms with Crippen LogP contribution in [0.15, 0.2) is 77.7 Å². The smallest absolute Gasteiger partial charge is 0.264 e. The van der Waals surface area contributed by atoms with E-state index in [1.165, 1.54) is 37.3 Å². The van der Waals surface area contributed by atoms with E-state index in [9.17, 15) is 18.0 Å². The molecule has 0 saturated carbocycles. The highest BCUT2D eigenvalue weighted by molar-refractivity contribution is 7.92. The first-order valence-electron chi connectivity index (χ1n) is 14.1. The van der Waals surface area contributed by atoms with Crippen LogP contribution in [-0.4, -0.2) is 65.6 Å². The number of rotatable bonds is 15. The number of benzene rings is 3. The van der Waals surface area contributed by atoms with Crippen molar-refractivity contribution in [3.05, 3.63) is 78.4 Å². The molecule has 0 saturated heterocycles. The number of carbonyl (C=O) groups is 2. The van der Waals surface area contributed by atoms with Crippen LogP contribution >= 0.6 is 0 Å². The van der Waals surface area contributed by atoms with Crippen LogP contribution in [0.2, 0.25) is 0 Å². The first kappa shape index (κ1) is 33.3. The van der Waals surface area contributed by atoms with Gasteiger partial charge in [0.05, 0.1) is 31.9 Å². The van der Waals surface area contributed by atoms with E-state index >= 15 is 0 Å². The number of hydrogen-bond acceptors (Lipinski definition) is 7. The molecule has 232 valence electrons. The molecule has 0 aromatic heterocycles. The Kier molecular flexibility index (Phi) is 11.8. The molecule has 3 aromatic carbocycles. The summed E-state index contributed by atoms with van der Waals surface area (Å²) >= 11 is 0. The Morgan fingerprint density at radius 3 is 2.16 bits per heavy atom. The summed E-state index contributed by atoms with van der Waals surface area (Å²) < 4.78 is 45.2. The van der Waals surface area contributed by atoms with Gasteiger partial charge in [0.2, 0.25) is 11.8 Å². The summed E-state index contributed by atoms with van der Waals surface area (Å²) in [4.78, 5) is 28.9. The van der Waals surface area contributed by atoms with E-state index in [-0.39, 0.29) is 29.0 Å². The number of hydrogen-bond donors (Lipinski definition) is 1. The van der Waals surface area contributed by atoms with Crippen molar-refractivity contribution < 1.29 is 32.2 Å². The quantitative estimate of drug-likeness (QED) is 0.269. The molecule has 0 bridgehead atoms. The van der Waals surface area contributed by atoms with Crippen LogP contribution in [0.5, 0.6) is 17.2 Å². The first-order chi connectivity index (χ1) is 20.5. The zero-order chi connectivity index (χ0) is 31.6. The van der Waals surface area contributed by atoms with Gasteiger partial charge in [-0.2, -0.15) is 0 Å². The van der Waals surface area contributed by atoms with E-state index in [1.54, 1.807) is 55.6 Å². The lowest BCUT2D eigenvalue weighted by Crippen LogP contribution is -2.52.